The van der Waals surface area contributed by atoms with Crippen LogP contribution >= 0.6 is 11.8 Å². The average molecular weight is 274 g/mol. The van der Waals surface area contributed by atoms with Crippen LogP contribution in [0.1, 0.15) is 29.3 Å². The number of rotatable bonds is 3. The number of aromatic nitrogens is 1. The molecule has 1 aromatic heterocycles. The van der Waals surface area contributed by atoms with Crippen LogP contribution in [0.4, 0.5) is 0 Å². The van der Waals surface area contributed by atoms with Crippen molar-refractivity contribution in [1.29, 1.82) is 0 Å². The van der Waals surface area contributed by atoms with Crippen LogP contribution in [0.3, 0.4) is 0 Å². The van der Waals surface area contributed by atoms with Gasteiger partial charge >= 0.3 is 0 Å². The van der Waals surface area contributed by atoms with E-state index in [0.29, 0.717) is 11.3 Å². The molecule has 1 aliphatic carbocycles. The molecule has 1 aromatic carbocycles. The number of fused-ring (bicyclic) bond motifs is 1. The topological polar surface area (TPSA) is 38.1 Å². The van der Waals surface area contributed by atoms with Crippen molar-refractivity contribution in [2.75, 3.05) is 7.05 Å². The lowest BCUT2D eigenvalue weighted by Crippen LogP contribution is -2.32. The minimum Gasteiger partial charge on any atom is -0.440 e. The van der Waals surface area contributed by atoms with Gasteiger partial charge in [-0.25, -0.2) is 4.98 Å². The number of nitrogens with one attached hydrogen (secondary N) is 1. The van der Waals surface area contributed by atoms with E-state index in [1.54, 1.807) is 18.0 Å². The zero-order valence-corrected chi connectivity index (χ0v) is 12.0. The Hall–Kier alpha value is -1.26. The molecule has 0 fully saturated rings. The third-order valence-electron chi connectivity index (χ3n) is 3.62. The minimum atomic E-state index is 0.363. The summed E-state index contributed by atoms with van der Waals surface area (Å²) in [5.41, 5.74) is 3.82. The van der Waals surface area contributed by atoms with Gasteiger partial charge in [0.1, 0.15) is 6.26 Å². The Balaban J connectivity index is 1.84. The Morgan fingerprint density at radius 3 is 2.95 bits per heavy atom. The maximum absolute atomic E-state index is 5.47. The minimum absolute atomic E-state index is 0.363. The fourth-order valence-corrected chi connectivity index (χ4v) is 3.93. The van der Waals surface area contributed by atoms with Gasteiger partial charge in [0.2, 0.25) is 0 Å². The first-order valence-electron chi connectivity index (χ1n) is 6.62. The van der Waals surface area contributed by atoms with E-state index in [0.717, 1.165) is 23.8 Å². The van der Waals surface area contributed by atoms with E-state index in [1.807, 2.05) is 14.0 Å². The van der Waals surface area contributed by atoms with Crippen molar-refractivity contribution in [2.45, 2.75) is 36.3 Å². The molecule has 3 rings (SSSR count). The molecule has 0 saturated heterocycles. The Labute approximate surface area is 117 Å². The lowest BCUT2D eigenvalue weighted by atomic mass is 9.87. The molecule has 3 nitrogen and oxygen atoms in total. The number of nitrogens with zero attached hydrogens (tertiary/aromatic N) is 1. The second-order valence-electron chi connectivity index (χ2n) is 4.91. The molecule has 2 aromatic rings. The van der Waals surface area contributed by atoms with Crippen LogP contribution in [0.15, 0.2) is 40.2 Å². The van der Waals surface area contributed by atoms with Crippen LogP contribution in [0, 0.1) is 6.92 Å². The first-order chi connectivity index (χ1) is 9.28. The van der Waals surface area contributed by atoms with E-state index in [4.69, 9.17) is 4.42 Å². The number of aryl methyl sites for hydroxylation is 2. The van der Waals surface area contributed by atoms with Gasteiger partial charge < -0.3 is 9.73 Å². The highest BCUT2D eigenvalue weighted by Crippen LogP contribution is 2.39. The number of hydrogen-bond acceptors (Lipinski definition) is 4. The van der Waals surface area contributed by atoms with E-state index in [2.05, 4.69) is 34.6 Å². The molecule has 4 heteroatoms. The normalized spacial score (nSPS) is 22.2. The van der Waals surface area contributed by atoms with Crippen molar-refractivity contribution in [2.24, 2.45) is 0 Å². The van der Waals surface area contributed by atoms with Crippen LogP contribution < -0.4 is 5.32 Å². The number of benzene rings is 1. The van der Waals surface area contributed by atoms with Gasteiger partial charge in [-0.3, -0.25) is 0 Å². The van der Waals surface area contributed by atoms with Crippen LogP contribution in [0.5, 0.6) is 0 Å². The summed E-state index contributed by atoms with van der Waals surface area (Å²) in [6.07, 6.45) is 3.99. The SMILES string of the molecule is CNC1c2ccccc2CCC1Sc1nc(C)co1. The molecule has 1 heterocycles. The number of oxazole rings is 1. The molecule has 0 aliphatic heterocycles. The molecule has 0 saturated carbocycles. The average Bonchev–Trinajstić information content (AvgIpc) is 2.84. The highest BCUT2D eigenvalue weighted by Gasteiger charge is 2.30. The van der Waals surface area contributed by atoms with Crippen molar-refractivity contribution in [3.8, 4) is 0 Å². The van der Waals surface area contributed by atoms with Crippen molar-refractivity contribution in [3.05, 3.63) is 47.3 Å². The second kappa shape index (κ2) is 5.39. The number of thioether (sulfide) groups is 1. The van der Waals surface area contributed by atoms with E-state index in [-0.39, 0.29) is 0 Å². The Bertz CT molecular complexity index is 567. The molecule has 1 aliphatic rings. The quantitative estimate of drug-likeness (QED) is 0.931. The summed E-state index contributed by atoms with van der Waals surface area (Å²) in [5, 5.41) is 4.70. The van der Waals surface area contributed by atoms with Crippen LogP contribution in [-0.4, -0.2) is 17.3 Å². The molecular weight excluding hydrogens is 256 g/mol. The largest absolute Gasteiger partial charge is 0.440 e. The predicted octanol–water partition coefficient (Wildman–Crippen LogP) is 3.35. The number of hydrogen-bond donors (Lipinski definition) is 1. The standard InChI is InChI=1S/C15H18N2OS/c1-10-9-18-15(17-10)19-13-8-7-11-5-3-4-6-12(11)14(13)16-2/h3-6,9,13-14,16H,7-8H2,1-2H3. The van der Waals surface area contributed by atoms with Gasteiger partial charge in [-0.1, -0.05) is 36.0 Å². The van der Waals surface area contributed by atoms with Crippen LogP contribution in [0.2, 0.25) is 0 Å². The molecule has 0 amide bonds. The van der Waals surface area contributed by atoms with Crippen molar-refractivity contribution < 1.29 is 4.42 Å². The fraction of sp³-hybridized carbons (Fsp3) is 0.400. The maximum Gasteiger partial charge on any atom is 0.256 e. The zero-order chi connectivity index (χ0) is 13.2. The molecular formula is C15H18N2OS. The van der Waals surface area contributed by atoms with E-state index in [1.165, 1.54) is 11.1 Å². The maximum atomic E-state index is 5.47. The third kappa shape index (κ3) is 2.55. The van der Waals surface area contributed by atoms with Gasteiger partial charge in [-0.15, -0.1) is 0 Å². The van der Waals surface area contributed by atoms with Crippen LogP contribution in [-0.2, 0) is 6.42 Å². The molecule has 0 bridgehead atoms. The molecule has 19 heavy (non-hydrogen) atoms. The van der Waals surface area contributed by atoms with Gasteiger partial charge in [0.05, 0.1) is 5.69 Å². The smallest absolute Gasteiger partial charge is 0.256 e. The van der Waals surface area contributed by atoms with Crippen LogP contribution in [0.25, 0.3) is 0 Å². The molecule has 100 valence electrons. The lowest BCUT2D eigenvalue weighted by Gasteiger charge is -2.32. The summed E-state index contributed by atoms with van der Waals surface area (Å²) in [6.45, 7) is 1.96. The van der Waals surface area contributed by atoms with Crippen molar-refractivity contribution in [1.82, 2.24) is 10.3 Å². The fourth-order valence-electron chi connectivity index (χ4n) is 2.71. The highest BCUT2D eigenvalue weighted by atomic mass is 32.2. The second-order valence-corrected chi connectivity index (χ2v) is 6.11. The van der Waals surface area contributed by atoms with Crippen molar-refractivity contribution in [3.63, 3.8) is 0 Å². The summed E-state index contributed by atoms with van der Waals surface area (Å²) in [6, 6.07) is 9.06. The highest BCUT2D eigenvalue weighted by molar-refractivity contribution is 7.99. The summed E-state index contributed by atoms with van der Waals surface area (Å²) in [7, 11) is 2.03. The lowest BCUT2D eigenvalue weighted by molar-refractivity contribution is 0.446. The molecule has 2 atom stereocenters. The van der Waals surface area contributed by atoms with Gasteiger partial charge in [-0.2, -0.15) is 0 Å². The van der Waals surface area contributed by atoms with Gasteiger partial charge in [0.25, 0.3) is 5.22 Å². The Morgan fingerprint density at radius 1 is 1.37 bits per heavy atom. The van der Waals surface area contributed by atoms with E-state index < -0.39 is 0 Å². The summed E-state index contributed by atoms with van der Waals surface area (Å²) < 4.78 is 5.47. The van der Waals surface area contributed by atoms with Gasteiger partial charge in [-0.05, 0) is 37.9 Å². The molecule has 1 N–H and O–H groups in total. The Kier molecular flexibility index (Phi) is 3.62. The molecule has 2 unspecified atom stereocenters. The molecule has 0 spiro atoms. The third-order valence-corrected chi connectivity index (χ3v) is 4.82. The predicted molar refractivity (Wildman–Crippen MR) is 77.4 cm³/mol. The molecule has 0 radical (unpaired) electrons. The monoisotopic (exact) mass is 274 g/mol. The Morgan fingerprint density at radius 2 is 2.21 bits per heavy atom. The van der Waals surface area contributed by atoms with Crippen molar-refractivity contribution >= 4 is 11.8 Å². The van der Waals surface area contributed by atoms with Gasteiger partial charge in [0, 0.05) is 11.3 Å². The van der Waals surface area contributed by atoms with Gasteiger partial charge in [0.15, 0.2) is 0 Å². The van der Waals surface area contributed by atoms with E-state index in [9.17, 15) is 0 Å². The first kappa shape index (κ1) is 12.8. The first-order valence-corrected chi connectivity index (χ1v) is 7.50. The summed E-state index contributed by atoms with van der Waals surface area (Å²) in [4.78, 5) is 4.40. The zero-order valence-electron chi connectivity index (χ0n) is 11.2. The van der Waals surface area contributed by atoms with E-state index >= 15 is 0 Å². The summed E-state index contributed by atoms with van der Waals surface area (Å²) in [5.74, 6) is 0. The summed E-state index contributed by atoms with van der Waals surface area (Å²) >= 11 is 1.74.